The van der Waals surface area contributed by atoms with Crippen LogP contribution in [0.4, 0.5) is 10.3 Å². The van der Waals surface area contributed by atoms with Gasteiger partial charge in [-0.25, -0.2) is 9.37 Å². The number of nitrogens with zero attached hydrogens (tertiary/aromatic N) is 2. The van der Waals surface area contributed by atoms with Gasteiger partial charge in [-0.2, -0.15) is 4.98 Å². The smallest absolute Gasteiger partial charge is 0.262 e. The Morgan fingerprint density at radius 3 is 2.76 bits per heavy atom. The largest absolute Gasteiger partial charge is 0.467 e. The second-order valence-corrected chi connectivity index (χ2v) is 5.41. The van der Waals surface area contributed by atoms with Gasteiger partial charge in [0.15, 0.2) is 5.65 Å². The Balaban J connectivity index is 1.75. The number of fused-ring (bicyclic) bond motifs is 1. The van der Waals surface area contributed by atoms with Gasteiger partial charge in [-0.05, 0) is 41.5 Å². The van der Waals surface area contributed by atoms with E-state index in [9.17, 15) is 9.18 Å². The number of halogens is 1. The molecule has 0 unspecified atom stereocenters. The molecule has 0 saturated heterocycles. The lowest BCUT2D eigenvalue weighted by molar-refractivity contribution is 0.517. The predicted octanol–water partition coefficient (Wildman–Crippen LogP) is 3.33. The van der Waals surface area contributed by atoms with Crippen molar-refractivity contribution in [1.29, 1.82) is 0 Å². The minimum Gasteiger partial charge on any atom is -0.467 e. The molecule has 3 aromatic heterocycles. The summed E-state index contributed by atoms with van der Waals surface area (Å²) in [5.41, 5.74) is 1.36. The van der Waals surface area contributed by atoms with Crippen molar-refractivity contribution in [3.63, 3.8) is 0 Å². The van der Waals surface area contributed by atoms with E-state index in [1.807, 2.05) is 6.07 Å². The van der Waals surface area contributed by atoms with Gasteiger partial charge < -0.3 is 9.73 Å². The van der Waals surface area contributed by atoms with Crippen LogP contribution in [-0.4, -0.2) is 15.0 Å². The van der Waals surface area contributed by atoms with Crippen molar-refractivity contribution in [1.82, 2.24) is 15.0 Å². The van der Waals surface area contributed by atoms with E-state index in [-0.39, 0.29) is 11.4 Å². The topological polar surface area (TPSA) is 83.8 Å². The molecule has 6 nitrogen and oxygen atoms in total. The lowest BCUT2D eigenvalue weighted by Gasteiger charge is -2.08. The molecule has 0 atom stereocenters. The molecule has 1 aromatic carbocycles. The third-order valence-corrected chi connectivity index (χ3v) is 3.77. The first-order chi connectivity index (χ1) is 12.2. The molecule has 4 aromatic rings. The quantitative estimate of drug-likeness (QED) is 0.597. The van der Waals surface area contributed by atoms with E-state index in [0.717, 1.165) is 11.3 Å². The number of rotatable bonds is 4. The molecule has 2 N–H and O–H groups in total. The summed E-state index contributed by atoms with van der Waals surface area (Å²) >= 11 is 0. The van der Waals surface area contributed by atoms with Crippen molar-refractivity contribution < 1.29 is 8.81 Å². The number of aromatic amines is 1. The Morgan fingerprint density at radius 1 is 1.16 bits per heavy atom. The molecule has 0 aliphatic carbocycles. The van der Waals surface area contributed by atoms with E-state index in [1.165, 1.54) is 12.1 Å². The number of anilines is 1. The van der Waals surface area contributed by atoms with Crippen molar-refractivity contribution in [2.24, 2.45) is 0 Å². The molecule has 0 aliphatic rings. The summed E-state index contributed by atoms with van der Waals surface area (Å²) < 4.78 is 18.4. The van der Waals surface area contributed by atoms with E-state index in [4.69, 9.17) is 4.42 Å². The summed E-state index contributed by atoms with van der Waals surface area (Å²) in [6.07, 6.45) is 3.15. The van der Waals surface area contributed by atoms with E-state index in [1.54, 1.807) is 36.7 Å². The number of pyridine rings is 1. The van der Waals surface area contributed by atoms with Gasteiger partial charge in [-0.1, -0.05) is 12.1 Å². The molecule has 0 bridgehead atoms. The Bertz CT molecular complexity index is 1070. The standard InChI is InChI=1S/C18H13FN4O2/c19-12-5-3-11(4-6-12)14-7-8-20-16-15(14)17(24)23-18(22-16)21-10-13-2-1-9-25-13/h1-9H,10H2,(H2,20,21,22,23,24). The number of aromatic nitrogens is 3. The first-order valence-electron chi connectivity index (χ1n) is 7.62. The summed E-state index contributed by atoms with van der Waals surface area (Å²) in [6, 6.07) is 11.2. The SMILES string of the molecule is O=c1[nH]c(NCc2ccco2)nc2nccc(-c3ccc(F)cc3)c12. The Kier molecular flexibility index (Phi) is 3.74. The average Bonchev–Trinajstić information content (AvgIpc) is 3.14. The van der Waals surface area contributed by atoms with Gasteiger partial charge in [-0.15, -0.1) is 0 Å². The monoisotopic (exact) mass is 336 g/mol. The van der Waals surface area contributed by atoms with Crippen molar-refractivity contribution in [3.05, 3.63) is 76.9 Å². The van der Waals surface area contributed by atoms with E-state index in [0.29, 0.717) is 29.1 Å². The summed E-state index contributed by atoms with van der Waals surface area (Å²) in [4.78, 5) is 23.8. The number of nitrogens with one attached hydrogen (secondary N) is 2. The van der Waals surface area contributed by atoms with Crippen LogP contribution in [0.3, 0.4) is 0 Å². The van der Waals surface area contributed by atoms with E-state index in [2.05, 4.69) is 20.3 Å². The molecule has 0 fully saturated rings. The van der Waals surface area contributed by atoms with Gasteiger partial charge in [0.2, 0.25) is 5.95 Å². The molecule has 3 heterocycles. The average molecular weight is 336 g/mol. The molecule has 0 saturated carbocycles. The van der Waals surface area contributed by atoms with Crippen molar-refractivity contribution in [2.45, 2.75) is 6.54 Å². The first kappa shape index (κ1) is 15.1. The van der Waals surface area contributed by atoms with Crippen LogP contribution in [0, 0.1) is 5.82 Å². The van der Waals surface area contributed by atoms with Crippen molar-refractivity contribution in [3.8, 4) is 11.1 Å². The summed E-state index contributed by atoms with van der Waals surface area (Å²) in [5.74, 6) is 0.687. The second kappa shape index (κ2) is 6.20. The number of H-pyrrole nitrogens is 1. The highest BCUT2D eigenvalue weighted by molar-refractivity contribution is 5.92. The maximum absolute atomic E-state index is 13.1. The summed E-state index contributed by atoms with van der Waals surface area (Å²) in [7, 11) is 0. The van der Waals surface area contributed by atoms with Gasteiger partial charge in [0.1, 0.15) is 11.6 Å². The minimum atomic E-state index is -0.335. The zero-order chi connectivity index (χ0) is 17.2. The molecule has 7 heteroatoms. The van der Waals surface area contributed by atoms with Crippen molar-refractivity contribution in [2.75, 3.05) is 5.32 Å². The summed E-state index contributed by atoms with van der Waals surface area (Å²) in [6.45, 7) is 0.388. The van der Waals surface area contributed by atoms with Crippen molar-refractivity contribution >= 4 is 17.0 Å². The highest BCUT2D eigenvalue weighted by atomic mass is 19.1. The van der Waals surface area contributed by atoms with Crippen LogP contribution in [0.1, 0.15) is 5.76 Å². The van der Waals surface area contributed by atoms with Crippen LogP contribution in [0.25, 0.3) is 22.2 Å². The highest BCUT2D eigenvalue weighted by Gasteiger charge is 2.11. The normalized spacial score (nSPS) is 10.9. The highest BCUT2D eigenvalue weighted by Crippen LogP contribution is 2.24. The van der Waals surface area contributed by atoms with Gasteiger partial charge >= 0.3 is 0 Å². The number of benzene rings is 1. The van der Waals surface area contributed by atoms with Crippen LogP contribution in [0.15, 0.2) is 64.1 Å². The number of hydrogen-bond donors (Lipinski definition) is 2. The third kappa shape index (κ3) is 2.99. The maximum atomic E-state index is 13.1. The fourth-order valence-electron chi connectivity index (χ4n) is 2.60. The predicted molar refractivity (Wildman–Crippen MR) is 91.6 cm³/mol. The van der Waals surface area contributed by atoms with Gasteiger partial charge in [0, 0.05) is 6.20 Å². The zero-order valence-corrected chi connectivity index (χ0v) is 13.0. The minimum absolute atomic E-state index is 0.303. The van der Waals surface area contributed by atoms with Gasteiger partial charge in [0.05, 0.1) is 18.2 Å². The van der Waals surface area contributed by atoms with Gasteiger partial charge in [-0.3, -0.25) is 9.78 Å². The summed E-state index contributed by atoms with van der Waals surface area (Å²) in [5, 5.41) is 3.36. The molecule has 4 rings (SSSR count). The fourth-order valence-corrected chi connectivity index (χ4v) is 2.60. The maximum Gasteiger partial charge on any atom is 0.262 e. The zero-order valence-electron chi connectivity index (χ0n) is 13.0. The fraction of sp³-hybridized carbons (Fsp3) is 0.0556. The molecule has 25 heavy (non-hydrogen) atoms. The number of furan rings is 1. The molecule has 0 radical (unpaired) electrons. The lowest BCUT2D eigenvalue weighted by atomic mass is 10.0. The van der Waals surface area contributed by atoms with Crippen LogP contribution < -0.4 is 10.9 Å². The second-order valence-electron chi connectivity index (χ2n) is 5.41. The first-order valence-corrected chi connectivity index (χ1v) is 7.62. The lowest BCUT2D eigenvalue weighted by Crippen LogP contribution is -2.14. The van der Waals surface area contributed by atoms with Gasteiger partial charge in [0.25, 0.3) is 5.56 Å². The molecule has 124 valence electrons. The molecule has 0 amide bonds. The van der Waals surface area contributed by atoms with Crippen LogP contribution in [-0.2, 0) is 6.54 Å². The molecule has 0 spiro atoms. The number of hydrogen-bond acceptors (Lipinski definition) is 5. The molecular formula is C18H13FN4O2. The Morgan fingerprint density at radius 2 is 2.00 bits per heavy atom. The molecular weight excluding hydrogens is 323 g/mol. The Hall–Kier alpha value is -3.48. The van der Waals surface area contributed by atoms with E-state index < -0.39 is 0 Å². The van der Waals surface area contributed by atoms with Crippen LogP contribution >= 0.6 is 0 Å². The van der Waals surface area contributed by atoms with Crippen LogP contribution in [0.2, 0.25) is 0 Å². The van der Waals surface area contributed by atoms with E-state index >= 15 is 0 Å². The molecule has 0 aliphatic heterocycles. The Labute approximate surface area is 141 Å². The van der Waals surface area contributed by atoms with Crippen LogP contribution in [0.5, 0.6) is 0 Å². The third-order valence-electron chi connectivity index (χ3n) is 3.77.